The molecule has 0 rings (SSSR count). The number of rotatable bonds is 1. The van der Waals surface area contributed by atoms with E-state index in [9.17, 15) is 5.11 Å². The summed E-state index contributed by atoms with van der Waals surface area (Å²) >= 11 is 0. The van der Waals surface area contributed by atoms with Gasteiger partial charge in [-0.15, -0.1) is 0 Å². The van der Waals surface area contributed by atoms with Gasteiger partial charge >= 0.3 is 0 Å². The van der Waals surface area contributed by atoms with Crippen molar-refractivity contribution in [3.05, 3.63) is 10.4 Å². The fourth-order valence-corrected chi connectivity index (χ4v) is 0.0727. The summed E-state index contributed by atoms with van der Waals surface area (Å²) in [5.74, 6) is 0. The molecule has 6 heavy (non-hydrogen) atoms. The van der Waals surface area contributed by atoms with Crippen molar-refractivity contribution >= 4 is 0 Å². The van der Waals surface area contributed by atoms with Crippen LogP contribution in [0.4, 0.5) is 0 Å². The van der Waals surface area contributed by atoms with E-state index in [4.69, 9.17) is 5.53 Å². The summed E-state index contributed by atoms with van der Waals surface area (Å²) in [6, 6.07) is 0. The van der Waals surface area contributed by atoms with Gasteiger partial charge in [0.05, 0.1) is 0 Å². The number of hydrogen-bond acceptors (Lipinski definition) is 1. The first-order valence-corrected chi connectivity index (χ1v) is 1.47. The lowest BCUT2D eigenvalue weighted by molar-refractivity contribution is 0.112. The average Bonchev–Trinajstić information content (AvgIpc) is 1.35. The van der Waals surface area contributed by atoms with Crippen molar-refractivity contribution < 1.29 is 5.11 Å². The summed E-state index contributed by atoms with van der Waals surface area (Å²) in [5.41, 5.74) is 7.50. The van der Waals surface area contributed by atoms with Crippen LogP contribution in [-0.2, 0) is 5.11 Å². The highest BCUT2D eigenvalue weighted by Gasteiger charge is 1.83. The predicted molar refractivity (Wildman–Crippen MR) is 19.3 cm³/mol. The van der Waals surface area contributed by atoms with Crippen molar-refractivity contribution in [2.75, 3.05) is 0 Å². The summed E-state index contributed by atoms with van der Waals surface area (Å²) in [5, 5.41) is 12.5. The van der Waals surface area contributed by atoms with Gasteiger partial charge in [0.1, 0.15) is 0 Å². The third kappa shape index (κ3) is 3.27. The smallest absolute Gasteiger partial charge is 0.169 e. The molecule has 1 atom stereocenters. The fourth-order valence-electron chi connectivity index (χ4n) is 0.0727. The van der Waals surface area contributed by atoms with Crippen LogP contribution in [0, 0.1) is 0 Å². The first kappa shape index (κ1) is 5.27. The molecule has 0 N–H and O–H groups in total. The first-order chi connectivity index (χ1) is 2.77. The molecule has 0 heterocycles. The minimum atomic E-state index is -1.14. The summed E-state index contributed by atoms with van der Waals surface area (Å²) in [7, 11) is 0. The first-order valence-electron chi connectivity index (χ1n) is 1.47. The van der Waals surface area contributed by atoms with Crippen molar-refractivity contribution in [1.29, 1.82) is 0 Å². The average molecular weight is 86.1 g/mol. The van der Waals surface area contributed by atoms with Crippen molar-refractivity contribution in [2.24, 2.45) is 5.11 Å². The molecular weight excluding hydrogens is 82.0 g/mol. The Morgan fingerprint density at radius 1 is 2.00 bits per heavy atom. The molecule has 0 saturated heterocycles. The van der Waals surface area contributed by atoms with Crippen molar-refractivity contribution in [1.82, 2.24) is 0 Å². The standard InChI is InChI=1S/C2H4N3O/c1-2(6)4-5-3/h2H,1H3. The Hall–Kier alpha value is -0.730. The molecule has 33 valence electrons. The maximum atomic E-state index is 9.71. The van der Waals surface area contributed by atoms with E-state index >= 15 is 0 Å². The second-order valence-electron chi connectivity index (χ2n) is 0.804. The largest absolute Gasteiger partial charge is 0.227 e. The molecular formula is C2H4N3O. The van der Waals surface area contributed by atoms with Crippen LogP contribution < -0.4 is 0 Å². The summed E-state index contributed by atoms with van der Waals surface area (Å²) in [4.78, 5) is 2.25. The third-order valence-corrected chi connectivity index (χ3v) is 0.214. The minimum absolute atomic E-state index is 1.14. The van der Waals surface area contributed by atoms with Crippen molar-refractivity contribution in [3.8, 4) is 0 Å². The number of azide groups is 1. The lowest BCUT2D eigenvalue weighted by Crippen LogP contribution is -1.85. The molecule has 0 aliphatic rings. The van der Waals surface area contributed by atoms with Gasteiger partial charge < -0.3 is 0 Å². The molecule has 0 amide bonds. The molecule has 0 aromatic heterocycles. The van der Waals surface area contributed by atoms with Crippen LogP contribution in [0.15, 0.2) is 5.11 Å². The molecule has 4 nitrogen and oxygen atoms in total. The van der Waals surface area contributed by atoms with E-state index < -0.39 is 6.23 Å². The van der Waals surface area contributed by atoms with Crippen LogP contribution >= 0.6 is 0 Å². The van der Waals surface area contributed by atoms with Gasteiger partial charge in [-0.3, -0.25) is 0 Å². The zero-order chi connectivity index (χ0) is 4.99. The fraction of sp³-hybridized carbons (Fsp3) is 1.00. The normalized spacial score (nSPS) is 12.3. The highest BCUT2D eigenvalue weighted by atomic mass is 16.3. The number of hydrogen-bond donors (Lipinski definition) is 0. The van der Waals surface area contributed by atoms with E-state index in [1.807, 2.05) is 0 Å². The molecule has 0 saturated carbocycles. The molecule has 0 fully saturated rings. The summed E-state index contributed by atoms with van der Waals surface area (Å²) < 4.78 is 0. The highest BCUT2D eigenvalue weighted by molar-refractivity contribution is 4.42. The lowest BCUT2D eigenvalue weighted by Gasteiger charge is -1.77. The van der Waals surface area contributed by atoms with Gasteiger partial charge in [-0.2, -0.15) is 0 Å². The molecule has 0 aliphatic carbocycles. The van der Waals surface area contributed by atoms with E-state index in [2.05, 4.69) is 10.0 Å². The van der Waals surface area contributed by atoms with Crippen LogP contribution in [0.5, 0.6) is 0 Å². The second-order valence-corrected chi connectivity index (χ2v) is 0.804. The Bertz CT molecular complexity index is 72.9. The van der Waals surface area contributed by atoms with Crippen molar-refractivity contribution in [2.45, 2.75) is 13.2 Å². The van der Waals surface area contributed by atoms with Gasteiger partial charge in [0, 0.05) is 4.91 Å². The molecule has 1 radical (unpaired) electrons. The quantitative estimate of drug-likeness (QED) is 0.260. The van der Waals surface area contributed by atoms with Gasteiger partial charge in [-0.1, -0.05) is 5.11 Å². The van der Waals surface area contributed by atoms with Crippen LogP contribution in [-0.4, -0.2) is 6.23 Å². The molecule has 0 aliphatic heterocycles. The van der Waals surface area contributed by atoms with Crippen LogP contribution in [0.25, 0.3) is 10.4 Å². The van der Waals surface area contributed by atoms with E-state index in [0.717, 1.165) is 0 Å². The summed E-state index contributed by atoms with van der Waals surface area (Å²) in [6.07, 6.45) is -1.14. The Labute approximate surface area is 35.0 Å². The van der Waals surface area contributed by atoms with Gasteiger partial charge in [0.2, 0.25) is 0 Å². The van der Waals surface area contributed by atoms with Gasteiger partial charge in [0.25, 0.3) is 0 Å². The Morgan fingerprint density at radius 2 is 2.50 bits per heavy atom. The van der Waals surface area contributed by atoms with E-state index in [-0.39, 0.29) is 0 Å². The number of nitrogens with zero attached hydrogens (tertiary/aromatic N) is 3. The zero-order valence-electron chi connectivity index (χ0n) is 3.33. The Balaban J connectivity index is 3.29. The van der Waals surface area contributed by atoms with E-state index in [0.29, 0.717) is 0 Å². The van der Waals surface area contributed by atoms with Gasteiger partial charge in [-0.05, 0) is 12.5 Å². The Morgan fingerprint density at radius 3 is 2.50 bits per heavy atom. The van der Waals surface area contributed by atoms with E-state index in [1.165, 1.54) is 6.92 Å². The zero-order valence-corrected chi connectivity index (χ0v) is 3.33. The van der Waals surface area contributed by atoms with Gasteiger partial charge in [-0.25, -0.2) is 5.11 Å². The van der Waals surface area contributed by atoms with Crippen LogP contribution in [0.3, 0.4) is 0 Å². The molecule has 4 heteroatoms. The predicted octanol–water partition coefficient (Wildman–Crippen LogP) is 1.07. The monoisotopic (exact) mass is 86.0 g/mol. The second kappa shape index (κ2) is 2.50. The molecule has 1 unspecified atom stereocenters. The SMILES string of the molecule is CC([O])N=[N+]=[N-]. The molecule has 0 aromatic carbocycles. The topological polar surface area (TPSA) is 68.7 Å². The maximum Gasteiger partial charge on any atom is 0.169 e. The van der Waals surface area contributed by atoms with E-state index in [1.54, 1.807) is 0 Å². The maximum absolute atomic E-state index is 9.71. The molecule has 0 aromatic rings. The lowest BCUT2D eigenvalue weighted by atomic mass is 10.7. The summed E-state index contributed by atoms with van der Waals surface area (Å²) in [6.45, 7) is 1.28. The highest BCUT2D eigenvalue weighted by Crippen LogP contribution is 1.79. The van der Waals surface area contributed by atoms with Crippen LogP contribution in [0.2, 0.25) is 0 Å². The van der Waals surface area contributed by atoms with Crippen molar-refractivity contribution in [3.63, 3.8) is 0 Å². The minimum Gasteiger partial charge on any atom is -0.227 e. The molecule has 0 spiro atoms. The molecule has 0 bridgehead atoms. The Kier molecular flexibility index (Phi) is 2.20. The van der Waals surface area contributed by atoms with Gasteiger partial charge in [0.15, 0.2) is 6.23 Å². The third-order valence-electron chi connectivity index (χ3n) is 0.214. The van der Waals surface area contributed by atoms with Crippen LogP contribution in [0.1, 0.15) is 6.92 Å².